The molecule has 178 valence electrons. The molecule has 0 aliphatic carbocycles. The Hall–Kier alpha value is -4.26. The van der Waals surface area contributed by atoms with E-state index >= 15 is 0 Å². The molecule has 4 aromatic rings. The summed E-state index contributed by atoms with van der Waals surface area (Å²) < 4.78 is 16.5. The van der Waals surface area contributed by atoms with Crippen LogP contribution in [0.5, 0.6) is 11.5 Å². The zero-order valence-electron chi connectivity index (χ0n) is 20.0. The third-order valence-corrected chi connectivity index (χ3v) is 5.55. The maximum absolute atomic E-state index is 13.6. The first kappa shape index (κ1) is 23.9. The summed E-state index contributed by atoms with van der Waals surface area (Å²) in [6.07, 6.45) is 0. The summed E-state index contributed by atoms with van der Waals surface area (Å²) in [5.74, 6) is -2.23. The van der Waals surface area contributed by atoms with Crippen molar-refractivity contribution in [2.45, 2.75) is 33.6 Å². The van der Waals surface area contributed by atoms with E-state index in [9.17, 15) is 14.4 Å². The van der Waals surface area contributed by atoms with E-state index in [2.05, 4.69) is 4.98 Å². The number of benzene rings is 3. The molecule has 1 atom stereocenters. The van der Waals surface area contributed by atoms with Crippen molar-refractivity contribution >= 4 is 22.9 Å². The van der Waals surface area contributed by atoms with Crippen molar-refractivity contribution in [3.63, 3.8) is 0 Å². The van der Waals surface area contributed by atoms with Crippen LogP contribution >= 0.6 is 0 Å². The highest BCUT2D eigenvalue weighted by Gasteiger charge is 2.36. The minimum Gasteiger partial charge on any atom is -0.494 e. The number of Topliss-reactive ketones (excluding diaryl/α,β-unsaturated/α-hetero) is 1. The second-order valence-corrected chi connectivity index (χ2v) is 8.26. The minimum atomic E-state index is -1.62. The van der Waals surface area contributed by atoms with Gasteiger partial charge in [-0.05, 0) is 75.2 Å². The molecule has 0 bridgehead atoms. The van der Waals surface area contributed by atoms with Gasteiger partial charge >= 0.3 is 11.6 Å². The fraction of sp³-hybridized carbons (Fsp3) is 0.214. The van der Waals surface area contributed by atoms with Gasteiger partial charge in [-0.2, -0.15) is 0 Å². The summed E-state index contributed by atoms with van der Waals surface area (Å²) in [6.45, 7) is 7.89. The fourth-order valence-corrected chi connectivity index (χ4v) is 4.02. The summed E-state index contributed by atoms with van der Waals surface area (Å²) in [4.78, 5) is 44.3. The van der Waals surface area contributed by atoms with Crippen LogP contribution in [0.3, 0.4) is 0 Å². The van der Waals surface area contributed by atoms with Crippen molar-refractivity contribution < 1.29 is 23.5 Å². The summed E-state index contributed by atoms with van der Waals surface area (Å²) in [5.41, 5.74) is 2.11. The molecule has 0 aliphatic heterocycles. The predicted octanol–water partition coefficient (Wildman–Crippen LogP) is 5.08. The van der Waals surface area contributed by atoms with Gasteiger partial charge in [0.15, 0.2) is 17.3 Å². The molecule has 0 radical (unpaired) electrons. The predicted molar refractivity (Wildman–Crippen MR) is 131 cm³/mol. The van der Waals surface area contributed by atoms with E-state index in [1.165, 1.54) is 0 Å². The highest BCUT2D eigenvalue weighted by atomic mass is 16.5. The molecule has 7 heteroatoms. The van der Waals surface area contributed by atoms with Crippen molar-refractivity contribution in [2.24, 2.45) is 0 Å². The number of para-hydroxylation sites is 2. The minimum absolute atomic E-state index is 0.210. The van der Waals surface area contributed by atoms with E-state index in [-0.39, 0.29) is 16.8 Å². The molecule has 1 aromatic heterocycles. The summed E-state index contributed by atoms with van der Waals surface area (Å²) >= 11 is 0. The van der Waals surface area contributed by atoms with Gasteiger partial charge in [0.2, 0.25) is 0 Å². The maximum Gasteiger partial charge on any atom is 0.359 e. The van der Waals surface area contributed by atoms with Gasteiger partial charge in [-0.15, -0.1) is 0 Å². The molecule has 0 fully saturated rings. The van der Waals surface area contributed by atoms with Crippen LogP contribution in [0.25, 0.3) is 11.1 Å². The third kappa shape index (κ3) is 4.99. The van der Waals surface area contributed by atoms with Crippen LogP contribution in [0.15, 0.2) is 69.9 Å². The lowest BCUT2D eigenvalue weighted by molar-refractivity contribution is -0.135. The van der Waals surface area contributed by atoms with E-state index in [4.69, 9.17) is 13.9 Å². The molecule has 1 heterocycles. The number of aromatic nitrogens is 1. The molecule has 0 N–H and O–H groups in total. The van der Waals surface area contributed by atoms with Crippen LogP contribution in [0.4, 0.5) is 0 Å². The van der Waals surface area contributed by atoms with E-state index in [1.54, 1.807) is 48.5 Å². The molecule has 7 nitrogen and oxygen atoms in total. The molecule has 0 amide bonds. The van der Waals surface area contributed by atoms with Crippen LogP contribution in [-0.2, 0) is 4.79 Å². The number of ether oxygens (including phenoxy) is 2. The van der Waals surface area contributed by atoms with Crippen molar-refractivity contribution in [2.75, 3.05) is 6.61 Å². The first-order valence-corrected chi connectivity index (χ1v) is 11.2. The Labute approximate surface area is 202 Å². The van der Waals surface area contributed by atoms with Gasteiger partial charge in [-0.3, -0.25) is 9.59 Å². The molecule has 0 aliphatic rings. The van der Waals surface area contributed by atoms with Crippen molar-refractivity contribution in [3.05, 3.63) is 99.0 Å². The Kier molecular flexibility index (Phi) is 6.78. The summed E-state index contributed by atoms with van der Waals surface area (Å²) in [7, 11) is 0. The van der Waals surface area contributed by atoms with Crippen molar-refractivity contribution in [1.82, 2.24) is 4.98 Å². The van der Waals surface area contributed by atoms with Crippen molar-refractivity contribution in [3.8, 4) is 11.5 Å². The average Bonchev–Trinajstić information content (AvgIpc) is 2.82. The monoisotopic (exact) mass is 471 g/mol. The maximum atomic E-state index is 13.6. The second-order valence-electron chi connectivity index (χ2n) is 8.26. The molecular formula is C28H25NO6. The highest BCUT2D eigenvalue weighted by molar-refractivity contribution is 6.13. The van der Waals surface area contributed by atoms with E-state index in [1.807, 2.05) is 39.8 Å². The first-order valence-electron chi connectivity index (χ1n) is 11.2. The molecule has 35 heavy (non-hydrogen) atoms. The van der Waals surface area contributed by atoms with Gasteiger partial charge in [0.1, 0.15) is 22.7 Å². The Morgan fingerprint density at radius 1 is 0.971 bits per heavy atom. The lowest BCUT2D eigenvalue weighted by atomic mass is 9.94. The van der Waals surface area contributed by atoms with Gasteiger partial charge < -0.3 is 13.9 Å². The van der Waals surface area contributed by atoms with Crippen LogP contribution in [0, 0.1) is 20.8 Å². The molecule has 0 spiro atoms. The van der Waals surface area contributed by atoms with Gasteiger partial charge in [-0.1, -0.05) is 29.8 Å². The van der Waals surface area contributed by atoms with Crippen LogP contribution < -0.4 is 15.1 Å². The third-order valence-electron chi connectivity index (χ3n) is 5.55. The smallest absolute Gasteiger partial charge is 0.359 e. The summed E-state index contributed by atoms with van der Waals surface area (Å²) in [5, 5.41) is 0. The average molecular weight is 472 g/mol. The molecule has 0 saturated carbocycles. The lowest BCUT2D eigenvalue weighted by Gasteiger charge is -2.17. The number of hydrogen-bond donors (Lipinski definition) is 0. The van der Waals surface area contributed by atoms with Gasteiger partial charge in [0.25, 0.3) is 0 Å². The van der Waals surface area contributed by atoms with E-state index in [0.29, 0.717) is 23.6 Å². The Balaban J connectivity index is 1.81. The number of rotatable bonds is 7. The van der Waals surface area contributed by atoms with Crippen molar-refractivity contribution in [1.29, 1.82) is 0 Å². The molecule has 0 saturated heterocycles. The zero-order valence-corrected chi connectivity index (χ0v) is 20.0. The van der Waals surface area contributed by atoms with Crippen LogP contribution in [0.1, 0.15) is 45.6 Å². The number of esters is 1. The number of nitrogens with zero attached hydrogens (tertiary/aromatic N) is 1. The molecule has 3 aromatic carbocycles. The van der Waals surface area contributed by atoms with E-state index in [0.717, 1.165) is 16.7 Å². The first-order chi connectivity index (χ1) is 16.8. The van der Waals surface area contributed by atoms with E-state index < -0.39 is 23.3 Å². The fourth-order valence-electron chi connectivity index (χ4n) is 4.02. The number of fused-ring (bicyclic) bond motifs is 1. The lowest BCUT2D eigenvalue weighted by Crippen LogP contribution is -2.32. The van der Waals surface area contributed by atoms with Gasteiger partial charge in [0, 0.05) is 5.56 Å². The largest absolute Gasteiger partial charge is 0.494 e. The molecular weight excluding hydrogens is 446 g/mol. The SMILES string of the molecule is CCOc1ccc(C(=O)C(C(=O)Oc2c(C)cc(C)cc2C)c2nc3ccccc3oc2=O)cc1. The second kappa shape index (κ2) is 9.93. The highest BCUT2D eigenvalue weighted by Crippen LogP contribution is 2.28. The Morgan fingerprint density at radius 3 is 2.29 bits per heavy atom. The van der Waals surface area contributed by atoms with Crippen LogP contribution in [-0.4, -0.2) is 23.3 Å². The molecule has 1 unspecified atom stereocenters. The number of hydrogen-bond acceptors (Lipinski definition) is 7. The van der Waals surface area contributed by atoms with Gasteiger partial charge in [0.05, 0.1) is 6.61 Å². The Bertz CT molecular complexity index is 1450. The van der Waals surface area contributed by atoms with Gasteiger partial charge in [-0.25, -0.2) is 9.78 Å². The number of carbonyl (C=O) groups is 2. The van der Waals surface area contributed by atoms with Crippen LogP contribution in [0.2, 0.25) is 0 Å². The molecule has 4 rings (SSSR count). The zero-order chi connectivity index (χ0) is 25.1. The summed E-state index contributed by atoms with van der Waals surface area (Å²) in [6, 6.07) is 16.7. The number of ketones is 1. The number of aryl methyl sites for hydroxylation is 3. The standard InChI is InChI=1S/C28H25NO6/c1-5-33-20-12-10-19(11-13-20)25(30)23(24-28(32)34-22-9-7-6-8-21(22)29-24)27(31)35-26-17(3)14-16(2)15-18(26)4/h6-15,23H,5H2,1-4H3. The number of carbonyl (C=O) groups excluding carboxylic acids is 2. The topological polar surface area (TPSA) is 95.7 Å². The normalized spacial score (nSPS) is 11.8. The quantitative estimate of drug-likeness (QED) is 0.160. The Morgan fingerprint density at radius 2 is 1.63 bits per heavy atom.